The number of rotatable bonds is 4. The third-order valence-electron chi connectivity index (χ3n) is 4.93. The first-order chi connectivity index (χ1) is 13.6. The average molecular weight is 397 g/mol. The van der Waals surface area contributed by atoms with Crippen molar-refractivity contribution in [3.63, 3.8) is 0 Å². The highest BCUT2D eigenvalue weighted by molar-refractivity contribution is 6.30. The molecule has 28 heavy (non-hydrogen) atoms. The van der Waals surface area contributed by atoms with Crippen LogP contribution in [-0.2, 0) is 0 Å². The Kier molecular flexibility index (Phi) is 5.21. The van der Waals surface area contributed by atoms with Crippen LogP contribution in [0.4, 0.5) is 5.69 Å². The highest BCUT2D eigenvalue weighted by Gasteiger charge is 2.23. The predicted molar refractivity (Wildman–Crippen MR) is 110 cm³/mol. The van der Waals surface area contributed by atoms with Gasteiger partial charge in [-0.05, 0) is 48.5 Å². The molecule has 2 heterocycles. The maximum atomic E-state index is 12.8. The molecule has 0 saturated carbocycles. The molecule has 2 aromatic carbocycles. The van der Waals surface area contributed by atoms with Crippen LogP contribution in [0.25, 0.3) is 5.69 Å². The molecule has 1 aromatic heterocycles. The summed E-state index contributed by atoms with van der Waals surface area (Å²) in [6.07, 6.45) is 3.38. The Morgan fingerprint density at radius 1 is 0.964 bits per heavy atom. The number of methoxy groups -OCH3 is 1. The summed E-state index contributed by atoms with van der Waals surface area (Å²) in [5.41, 5.74) is 2.60. The van der Waals surface area contributed by atoms with Crippen molar-refractivity contribution in [2.75, 3.05) is 38.2 Å². The molecule has 1 fully saturated rings. The molecule has 4 rings (SSSR count). The van der Waals surface area contributed by atoms with Crippen molar-refractivity contribution < 1.29 is 9.53 Å². The lowest BCUT2D eigenvalue weighted by Gasteiger charge is -2.36. The first-order valence-corrected chi connectivity index (χ1v) is 9.51. The van der Waals surface area contributed by atoms with Crippen molar-refractivity contribution in [2.24, 2.45) is 0 Å². The predicted octanol–water partition coefficient (Wildman–Crippen LogP) is 3.50. The Morgan fingerprint density at radius 3 is 2.25 bits per heavy atom. The van der Waals surface area contributed by atoms with Crippen molar-refractivity contribution in [3.05, 3.63) is 71.5 Å². The fraction of sp³-hybridized carbons (Fsp3) is 0.238. The van der Waals surface area contributed by atoms with E-state index >= 15 is 0 Å². The molecule has 3 aromatic rings. The summed E-state index contributed by atoms with van der Waals surface area (Å²) < 4.78 is 6.90. The molecular formula is C21H21ClN4O2. The summed E-state index contributed by atoms with van der Waals surface area (Å²) in [4.78, 5) is 17.0. The lowest BCUT2D eigenvalue weighted by molar-refractivity contribution is 0.0747. The number of anilines is 1. The summed E-state index contributed by atoms with van der Waals surface area (Å²) in [5.74, 6) is 0.852. The summed E-state index contributed by atoms with van der Waals surface area (Å²) in [6, 6.07) is 15.4. The standard InChI is InChI=1S/C21H21ClN4O2/c1-28-20-8-6-18(7-9-20)24-10-12-25(13-11-24)21(27)16-14-23-26(15-16)19-4-2-17(22)3-5-19/h2-9,14-15H,10-13H2,1H3. The molecular weight excluding hydrogens is 376 g/mol. The summed E-state index contributed by atoms with van der Waals surface area (Å²) in [5, 5.41) is 4.98. The number of halogens is 1. The molecule has 1 aliphatic rings. The van der Waals surface area contributed by atoms with Crippen LogP contribution in [0.15, 0.2) is 60.9 Å². The number of benzene rings is 2. The van der Waals surface area contributed by atoms with E-state index in [0.717, 1.165) is 30.2 Å². The van der Waals surface area contributed by atoms with Gasteiger partial charge in [0.1, 0.15) is 5.75 Å². The van der Waals surface area contributed by atoms with E-state index in [1.807, 2.05) is 41.3 Å². The third-order valence-corrected chi connectivity index (χ3v) is 5.18. The van der Waals surface area contributed by atoms with Crippen LogP contribution in [0.5, 0.6) is 5.75 Å². The maximum Gasteiger partial charge on any atom is 0.257 e. The van der Waals surface area contributed by atoms with Crippen molar-refractivity contribution >= 4 is 23.2 Å². The molecule has 0 atom stereocenters. The van der Waals surface area contributed by atoms with Crippen LogP contribution >= 0.6 is 11.6 Å². The minimum absolute atomic E-state index is 0.00888. The molecule has 0 aliphatic carbocycles. The van der Waals surface area contributed by atoms with Gasteiger partial charge < -0.3 is 14.5 Å². The van der Waals surface area contributed by atoms with Crippen molar-refractivity contribution in [1.82, 2.24) is 14.7 Å². The minimum Gasteiger partial charge on any atom is -0.497 e. The van der Waals surface area contributed by atoms with E-state index in [2.05, 4.69) is 10.00 Å². The first-order valence-electron chi connectivity index (χ1n) is 9.13. The normalized spacial score (nSPS) is 14.2. The number of amides is 1. The van der Waals surface area contributed by atoms with Crippen LogP contribution in [0.2, 0.25) is 5.02 Å². The Balaban J connectivity index is 1.39. The number of ether oxygens (including phenoxy) is 1. The van der Waals surface area contributed by atoms with Crippen LogP contribution in [0.1, 0.15) is 10.4 Å². The highest BCUT2D eigenvalue weighted by atomic mass is 35.5. The smallest absolute Gasteiger partial charge is 0.257 e. The highest BCUT2D eigenvalue weighted by Crippen LogP contribution is 2.21. The molecule has 6 nitrogen and oxygen atoms in total. The van der Waals surface area contributed by atoms with Gasteiger partial charge in [-0.1, -0.05) is 11.6 Å². The monoisotopic (exact) mass is 396 g/mol. The van der Waals surface area contributed by atoms with Crippen molar-refractivity contribution in [2.45, 2.75) is 0 Å². The van der Waals surface area contributed by atoms with Gasteiger partial charge in [-0.2, -0.15) is 5.10 Å². The Hall–Kier alpha value is -2.99. The van der Waals surface area contributed by atoms with E-state index in [9.17, 15) is 4.79 Å². The van der Waals surface area contributed by atoms with E-state index in [1.165, 1.54) is 0 Å². The number of hydrogen-bond donors (Lipinski definition) is 0. The second-order valence-electron chi connectivity index (χ2n) is 6.63. The second kappa shape index (κ2) is 7.94. The number of nitrogens with zero attached hydrogens (tertiary/aromatic N) is 4. The largest absolute Gasteiger partial charge is 0.497 e. The second-order valence-corrected chi connectivity index (χ2v) is 7.06. The molecule has 0 N–H and O–H groups in total. The van der Waals surface area contributed by atoms with E-state index in [1.54, 1.807) is 36.3 Å². The Bertz CT molecular complexity index is 945. The van der Waals surface area contributed by atoms with Crippen LogP contribution < -0.4 is 9.64 Å². The first kappa shape index (κ1) is 18.4. The fourth-order valence-corrected chi connectivity index (χ4v) is 3.44. The number of hydrogen-bond acceptors (Lipinski definition) is 4. The zero-order chi connectivity index (χ0) is 19.5. The van der Waals surface area contributed by atoms with Gasteiger partial charge in [-0.25, -0.2) is 4.68 Å². The number of piperazine rings is 1. The van der Waals surface area contributed by atoms with Crippen LogP contribution in [-0.4, -0.2) is 53.9 Å². The maximum absolute atomic E-state index is 12.8. The third kappa shape index (κ3) is 3.82. The fourth-order valence-electron chi connectivity index (χ4n) is 3.31. The topological polar surface area (TPSA) is 50.6 Å². The van der Waals surface area contributed by atoms with Gasteiger partial charge in [0.25, 0.3) is 5.91 Å². The van der Waals surface area contributed by atoms with Gasteiger partial charge in [0.05, 0.1) is 24.6 Å². The van der Waals surface area contributed by atoms with E-state index in [-0.39, 0.29) is 5.91 Å². The zero-order valence-corrected chi connectivity index (χ0v) is 16.3. The van der Waals surface area contributed by atoms with Crippen LogP contribution in [0, 0.1) is 0 Å². The average Bonchev–Trinajstić information content (AvgIpc) is 3.24. The lowest BCUT2D eigenvalue weighted by atomic mass is 10.2. The molecule has 7 heteroatoms. The lowest BCUT2D eigenvalue weighted by Crippen LogP contribution is -2.48. The van der Waals surface area contributed by atoms with Gasteiger partial charge >= 0.3 is 0 Å². The Labute approximate surface area is 168 Å². The SMILES string of the molecule is COc1ccc(N2CCN(C(=O)c3cnn(-c4ccc(Cl)cc4)c3)CC2)cc1. The molecule has 0 spiro atoms. The summed E-state index contributed by atoms with van der Waals surface area (Å²) >= 11 is 5.93. The minimum atomic E-state index is 0.00888. The summed E-state index contributed by atoms with van der Waals surface area (Å²) in [7, 11) is 1.66. The molecule has 144 valence electrons. The van der Waals surface area contributed by atoms with Gasteiger partial charge in [-0.3, -0.25) is 4.79 Å². The van der Waals surface area contributed by atoms with Gasteiger partial charge in [0.2, 0.25) is 0 Å². The van der Waals surface area contributed by atoms with Gasteiger partial charge in [-0.15, -0.1) is 0 Å². The number of carbonyl (C=O) groups is 1. The summed E-state index contributed by atoms with van der Waals surface area (Å²) in [6.45, 7) is 2.95. The van der Waals surface area contributed by atoms with E-state index in [4.69, 9.17) is 16.3 Å². The van der Waals surface area contributed by atoms with Crippen molar-refractivity contribution in [3.8, 4) is 11.4 Å². The number of carbonyl (C=O) groups excluding carboxylic acids is 1. The number of aromatic nitrogens is 2. The van der Waals surface area contributed by atoms with E-state index < -0.39 is 0 Å². The van der Waals surface area contributed by atoms with Gasteiger partial charge in [0.15, 0.2) is 0 Å². The quantitative estimate of drug-likeness (QED) is 0.677. The Morgan fingerprint density at radius 2 is 1.61 bits per heavy atom. The molecule has 1 amide bonds. The van der Waals surface area contributed by atoms with Gasteiger partial charge in [0, 0.05) is 43.1 Å². The van der Waals surface area contributed by atoms with Crippen molar-refractivity contribution in [1.29, 1.82) is 0 Å². The molecule has 0 unspecified atom stereocenters. The molecule has 1 aliphatic heterocycles. The molecule has 1 saturated heterocycles. The van der Waals surface area contributed by atoms with E-state index in [0.29, 0.717) is 23.7 Å². The molecule has 0 radical (unpaired) electrons. The van der Waals surface area contributed by atoms with Crippen LogP contribution in [0.3, 0.4) is 0 Å². The zero-order valence-electron chi connectivity index (χ0n) is 15.6. The molecule has 0 bridgehead atoms.